The molecule has 268 valence electrons. The van der Waals surface area contributed by atoms with Gasteiger partial charge in [0.1, 0.15) is 17.2 Å². The Morgan fingerprint density at radius 2 is 1.25 bits per heavy atom. The molecule has 1 fully saturated rings. The van der Waals surface area contributed by atoms with Crippen molar-refractivity contribution in [3.05, 3.63) is 113 Å². The molecule has 1 aromatic heterocycles. The van der Waals surface area contributed by atoms with Crippen LogP contribution in [0.3, 0.4) is 0 Å². The highest BCUT2D eigenvalue weighted by Gasteiger charge is 2.38. The van der Waals surface area contributed by atoms with Crippen molar-refractivity contribution < 1.29 is 27.4 Å². The number of halogens is 3. The number of methoxy groups -OCH3 is 3. The summed E-state index contributed by atoms with van der Waals surface area (Å²) in [5.41, 5.74) is 9.41. The van der Waals surface area contributed by atoms with E-state index in [1.807, 2.05) is 77.1 Å². The molecule has 2 N–H and O–H groups in total. The Morgan fingerprint density at radius 3 is 1.75 bits per heavy atom. The average Bonchev–Trinajstić information content (AvgIpc) is 3.59. The van der Waals surface area contributed by atoms with Gasteiger partial charge in [0.25, 0.3) is 0 Å². The Hall–Kier alpha value is -4.59. The smallest absolute Gasteiger partial charge is 0.417 e. The van der Waals surface area contributed by atoms with E-state index >= 15 is 13.2 Å². The second kappa shape index (κ2) is 16.2. The number of nitrogens with zero attached hydrogens (tertiary/aromatic N) is 5. The van der Waals surface area contributed by atoms with Gasteiger partial charge in [-0.1, -0.05) is 42.5 Å². The monoisotopic (exact) mass is 718 g/mol. The van der Waals surface area contributed by atoms with E-state index in [2.05, 4.69) is 15.5 Å². The van der Waals surface area contributed by atoms with Crippen molar-refractivity contribution in [1.29, 1.82) is 0 Å². The van der Waals surface area contributed by atoms with Crippen molar-refractivity contribution in [1.82, 2.24) is 24.5 Å². The molecule has 0 spiro atoms. The zero-order valence-corrected chi connectivity index (χ0v) is 29.6. The number of aromatic nitrogens is 4. The molecule has 1 saturated carbocycles. The van der Waals surface area contributed by atoms with Crippen molar-refractivity contribution in [2.24, 2.45) is 5.73 Å². The summed E-state index contributed by atoms with van der Waals surface area (Å²) < 4.78 is 64.9. The normalized spacial score (nSPS) is 16.3. The summed E-state index contributed by atoms with van der Waals surface area (Å²) in [7, 11) is 4.78. The van der Waals surface area contributed by atoms with E-state index in [4.69, 9.17) is 19.9 Å². The van der Waals surface area contributed by atoms with Crippen LogP contribution in [0.15, 0.2) is 89.8 Å². The molecular formula is C38H41F3N6O3S. The molecule has 0 radical (unpaired) electrons. The Kier molecular flexibility index (Phi) is 11.5. The van der Waals surface area contributed by atoms with Crippen LogP contribution in [0.5, 0.6) is 17.2 Å². The van der Waals surface area contributed by atoms with Crippen LogP contribution in [0.25, 0.3) is 11.4 Å². The fourth-order valence-electron chi connectivity index (χ4n) is 6.43. The minimum absolute atomic E-state index is 0.0100. The minimum atomic E-state index is -4.65. The summed E-state index contributed by atoms with van der Waals surface area (Å²) in [6, 6.07) is 25.4. The Balaban J connectivity index is 1.49. The van der Waals surface area contributed by atoms with Crippen molar-refractivity contribution in [3.63, 3.8) is 0 Å². The van der Waals surface area contributed by atoms with Crippen LogP contribution in [0.4, 0.5) is 13.2 Å². The Labute approximate surface area is 300 Å². The average molecular weight is 719 g/mol. The second-order valence-corrected chi connectivity index (χ2v) is 13.7. The second-order valence-electron chi connectivity index (χ2n) is 12.6. The SMILES string of the molecule is COc1ccc(CN(Cc2ccc(OC)cc2)Sc2c(C(F)(F)F)ccc(C3CCC(N)CC3)c2-c2nnnn2Cc2ccc(OC)cc2)cc1. The molecule has 13 heteroatoms. The molecule has 4 aromatic carbocycles. The summed E-state index contributed by atoms with van der Waals surface area (Å²) in [6.07, 6.45) is -1.57. The van der Waals surface area contributed by atoms with Gasteiger partial charge in [-0.05, 0) is 119 Å². The van der Waals surface area contributed by atoms with E-state index in [9.17, 15) is 0 Å². The molecule has 1 heterocycles. The van der Waals surface area contributed by atoms with Gasteiger partial charge in [0, 0.05) is 29.6 Å². The highest BCUT2D eigenvalue weighted by Crippen LogP contribution is 2.48. The first-order chi connectivity index (χ1) is 24.6. The number of benzene rings is 4. The van der Waals surface area contributed by atoms with Gasteiger partial charge in [0.2, 0.25) is 0 Å². The third-order valence-electron chi connectivity index (χ3n) is 9.21. The van der Waals surface area contributed by atoms with E-state index in [1.165, 1.54) is 6.07 Å². The highest BCUT2D eigenvalue weighted by molar-refractivity contribution is 7.97. The summed E-state index contributed by atoms with van der Waals surface area (Å²) in [4.78, 5) is 0.0580. The predicted octanol–water partition coefficient (Wildman–Crippen LogP) is 8.13. The predicted molar refractivity (Wildman–Crippen MR) is 191 cm³/mol. The lowest BCUT2D eigenvalue weighted by Crippen LogP contribution is -2.26. The van der Waals surface area contributed by atoms with Crippen LogP contribution in [0.2, 0.25) is 0 Å². The van der Waals surface area contributed by atoms with E-state index in [0.717, 1.165) is 59.9 Å². The lowest BCUT2D eigenvalue weighted by Gasteiger charge is -2.31. The van der Waals surface area contributed by atoms with Crippen molar-refractivity contribution >= 4 is 11.9 Å². The maximum absolute atomic E-state index is 15.1. The Morgan fingerprint density at radius 1 is 0.745 bits per heavy atom. The number of rotatable bonds is 13. The quantitative estimate of drug-likeness (QED) is 0.121. The topological polar surface area (TPSA) is 101 Å². The van der Waals surface area contributed by atoms with Crippen molar-refractivity contribution in [2.75, 3.05) is 21.3 Å². The highest BCUT2D eigenvalue weighted by atomic mass is 32.2. The first-order valence-electron chi connectivity index (χ1n) is 16.7. The summed E-state index contributed by atoms with van der Waals surface area (Å²) in [5.74, 6) is 2.35. The maximum Gasteiger partial charge on any atom is 0.417 e. The molecule has 0 bridgehead atoms. The van der Waals surface area contributed by atoms with Gasteiger partial charge < -0.3 is 19.9 Å². The van der Waals surface area contributed by atoms with Crippen molar-refractivity contribution in [3.8, 4) is 28.6 Å². The lowest BCUT2D eigenvalue weighted by molar-refractivity contribution is -0.139. The third kappa shape index (κ3) is 8.84. The summed E-state index contributed by atoms with van der Waals surface area (Å²) in [5, 5.41) is 12.7. The molecule has 0 saturated heterocycles. The largest absolute Gasteiger partial charge is 0.497 e. The maximum atomic E-state index is 15.1. The number of tetrazole rings is 1. The van der Waals surface area contributed by atoms with E-state index < -0.39 is 11.7 Å². The van der Waals surface area contributed by atoms with Crippen LogP contribution in [0, 0.1) is 0 Å². The van der Waals surface area contributed by atoms with Gasteiger partial charge in [-0.3, -0.25) is 0 Å². The zero-order valence-electron chi connectivity index (χ0n) is 28.8. The van der Waals surface area contributed by atoms with Crippen LogP contribution >= 0.6 is 11.9 Å². The summed E-state index contributed by atoms with van der Waals surface area (Å²) in [6.45, 7) is 0.941. The molecule has 51 heavy (non-hydrogen) atoms. The number of nitrogens with two attached hydrogens (primary N) is 1. The molecule has 0 aliphatic heterocycles. The molecule has 0 amide bonds. The lowest BCUT2D eigenvalue weighted by atomic mass is 9.79. The van der Waals surface area contributed by atoms with E-state index in [1.54, 1.807) is 32.1 Å². The van der Waals surface area contributed by atoms with Gasteiger partial charge in [-0.25, -0.2) is 8.99 Å². The van der Waals surface area contributed by atoms with Crippen LogP contribution < -0.4 is 19.9 Å². The first kappa shape index (κ1) is 36.2. The molecule has 6 rings (SSSR count). The van der Waals surface area contributed by atoms with Crippen LogP contribution in [-0.2, 0) is 25.8 Å². The molecule has 0 unspecified atom stereocenters. The molecular weight excluding hydrogens is 678 g/mol. The number of hydrogen-bond donors (Lipinski definition) is 1. The Bertz CT molecular complexity index is 1830. The number of hydrogen-bond acceptors (Lipinski definition) is 9. The molecule has 0 atom stereocenters. The van der Waals surface area contributed by atoms with Gasteiger partial charge in [0.15, 0.2) is 5.82 Å². The summed E-state index contributed by atoms with van der Waals surface area (Å²) >= 11 is 1.08. The molecule has 5 aromatic rings. The van der Waals surface area contributed by atoms with E-state index in [-0.39, 0.29) is 29.2 Å². The zero-order chi connectivity index (χ0) is 36.0. The van der Waals surface area contributed by atoms with Gasteiger partial charge in [-0.15, -0.1) is 5.10 Å². The number of alkyl halides is 3. The fraction of sp³-hybridized carbons (Fsp3) is 0.342. The first-order valence-corrected chi connectivity index (χ1v) is 17.5. The van der Waals surface area contributed by atoms with E-state index in [0.29, 0.717) is 35.9 Å². The standard InChI is InChI=1S/C38H41F3N6O3S/c1-48-30-14-4-25(5-15-30)22-46(23-26-6-16-31(49-2)17-7-26)51-36-34(38(39,40)41)21-20-33(28-10-12-29(42)13-11-28)35(36)37-43-44-45-47(37)24-27-8-18-32(50-3)19-9-27/h4-9,14-21,28-29H,10-13,22-24,42H2,1-3H3. The molecule has 1 aliphatic rings. The molecule has 1 aliphatic carbocycles. The molecule has 9 nitrogen and oxygen atoms in total. The van der Waals surface area contributed by atoms with Gasteiger partial charge in [0.05, 0.1) is 33.4 Å². The third-order valence-corrected chi connectivity index (χ3v) is 10.3. The fourth-order valence-corrected chi connectivity index (χ4v) is 7.70. The number of ether oxygens (including phenoxy) is 3. The van der Waals surface area contributed by atoms with Gasteiger partial charge in [-0.2, -0.15) is 13.2 Å². The minimum Gasteiger partial charge on any atom is -0.497 e. The van der Waals surface area contributed by atoms with Gasteiger partial charge >= 0.3 is 6.18 Å². The van der Waals surface area contributed by atoms with Crippen LogP contribution in [0.1, 0.15) is 59.4 Å². The van der Waals surface area contributed by atoms with Crippen molar-refractivity contribution in [2.45, 2.75) is 68.3 Å². The van der Waals surface area contributed by atoms with Crippen LogP contribution in [-0.4, -0.2) is 51.9 Å².